The maximum atomic E-state index is 5.16. The van der Waals surface area contributed by atoms with Crippen molar-refractivity contribution in [3.63, 3.8) is 0 Å². The van der Waals surface area contributed by atoms with E-state index in [1.54, 1.807) is 0 Å². The quantitative estimate of drug-likeness (QED) is 0.727. The van der Waals surface area contributed by atoms with Crippen molar-refractivity contribution in [3.8, 4) is 5.69 Å². The average Bonchev–Trinajstić information content (AvgIpc) is 2.52. The third kappa shape index (κ3) is 1.88. The summed E-state index contributed by atoms with van der Waals surface area (Å²) in [6.45, 7) is 6.24. The highest BCUT2D eigenvalue weighted by Gasteiger charge is 2.00. The first-order chi connectivity index (χ1) is 7.08. The molecule has 0 aliphatic rings. The third-order valence-electron chi connectivity index (χ3n) is 2.67. The molecule has 0 unspecified atom stereocenters. The Morgan fingerprint density at radius 1 is 1.07 bits per heavy atom. The van der Waals surface area contributed by atoms with Gasteiger partial charge in [-0.25, -0.2) is 0 Å². The first-order valence-electron chi connectivity index (χ1n) is 4.94. The van der Waals surface area contributed by atoms with Gasteiger partial charge in [-0.1, -0.05) is 18.3 Å². The van der Waals surface area contributed by atoms with Crippen LogP contribution in [0.15, 0.2) is 24.4 Å². The largest absolute Gasteiger partial charge is 0.284 e. The maximum Gasteiger partial charge on any atom is 0.122 e. The summed E-state index contributed by atoms with van der Waals surface area (Å²) in [7, 11) is 0. The molecule has 0 aliphatic heterocycles. The normalized spacial score (nSPS) is 10.6. The van der Waals surface area contributed by atoms with Crippen molar-refractivity contribution in [2.24, 2.45) is 0 Å². The molecule has 0 spiro atoms. The van der Waals surface area contributed by atoms with Gasteiger partial charge in [-0.3, -0.25) is 9.78 Å². The number of hydrogen-bond donors (Lipinski definition) is 1. The molecule has 0 saturated heterocycles. The van der Waals surface area contributed by atoms with Gasteiger partial charge in [-0.2, -0.15) is 0 Å². The van der Waals surface area contributed by atoms with Gasteiger partial charge in [-0.15, -0.1) is 0 Å². The molecule has 0 atom stereocenters. The first kappa shape index (κ1) is 10.2. The molecule has 15 heavy (non-hydrogen) atoms. The lowest BCUT2D eigenvalue weighted by atomic mass is 10.1. The minimum absolute atomic E-state index is 0.799. The highest BCUT2D eigenvalue weighted by Crippen LogP contribution is 2.14. The van der Waals surface area contributed by atoms with E-state index in [0.29, 0.717) is 0 Å². The van der Waals surface area contributed by atoms with Gasteiger partial charge in [0.15, 0.2) is 0 Å². The summed E-state index contributed by atoms with van der Waals surface area (Å²) in [4.78, 5) is 0. The zero-order valence-corrected chi connectivity index (χ0v) is 9.98. The van der Waals surface area contributed by atoms with E-state index in [2.05, 4.69) is 37.1 Å². The van der Waals surface area contributed by atoms with Crippen LogP contribution in [0.4, 0.5) is 0 Å². The average molecular weight is 218 g/mol. The van der Waals surface area contributed by atoms with Crippen molar-refractivity contribution < 1.29 is 0 Å². The molecule has 0 amide bonds. The lowest BCUT2D eigenvalue weighted by Gasteiger charge is -2.05. The Balaban J connectivity index is 2.54. The number of nitrogens with zero attached hydrogens (tertiary/aromatic N) is 1. The Kier molecular flexibility index (Phi) is 2.49. The van der Waals surface area contributed by atoms with Crippen LogP contribution < -0.4 is 0 Å². The molecule has 1 aromatic heterocycles. The Morgan fingerprint density at radius 3 is 2.33 bits per heavy atom. The second kappa shape index (κ2) is 3.66. The van der Waals surface area contributed by atoms with Gasteiger partial charge < -0.3 is 0 Å². The number of aromatic nitrogens is 2. The third-order valence-corrected chi connectivity index (χ3v) is 3.08. The van der Waals surface area contributed by atoms with E-state index in [4.69, 9.17) is 12.2 Å². The maximum absolute atomic E-state index is 5.16. The van der Waals surface area contributed by atoms with Gasteiger partial charge in [0.25, 0.3) is 0 Å². The second-order valence-electron chi connectivity index (χ2n) is 3.89. The molecular weight excluding hydrogens is 204 g/mol. The molecule has 2 rings (SSSR count). The summed E-state index contributed by atoms with van der Waals surface area (Å²) in [6.07, 6.45) is 2.02. The number of rotatable bonds is 1. The number of aryl methyl sites for hydroxylation is 3. The van der Waals surface area contributed by atoms with Crippen LogP contribution in [0.5, 0.6) is 0 Å². The summed E-state index contributed by atoms with van der Waals surface area (Å²) in [5, 5.41) is 3.14. The molecule has 1 N–H and O–H groups in total. The van der Waals surface area contributed by atoms with Crippen LogP contribution >= 0.6 is 12.2 Å². The van der Waals surface area contributed by atoms with Crippen molar-refractivity contribution in [3.05, 3.63) is 45.7 Å². The zero-order chi connectivity index (χ0) is 11.0. The van der Waals surface area contributed by atoms with Crippen molar-refractivity contribution in [1.82, 2.24) is 9.78 Å². The molecule has 78 valence electrons. The number of hydrogen-bond acceptors (Lipinski definition) is 1. The lowest BCUT2D eigenvalue weighted by molar-refractivity contribution is 0.872. The van der Waals surface area contributed by atoms with E-state index < -0.39 is 0 Å². The van der Waals surface area contributed by atoms with Gasteiger partial charge >= 0.3 is 0 Å². The molecule has 3 heteroatoms. The highest BCUT2D eigenvalue weighted by atomic mass is 32.1. The fourth-order valence-corrected chi connectivity index (χ4v) is 1.65. The first-order valence-corrected chi connectivity index (χ1v) is 5.34. The van der Waals surface area contributed by atoms with Crippen LogP contribution in [-0.4, -0.2) is 9.78 Å². The van der Waals surface area contributed by atoms with Crippen LogP contribution in [0, 0.1) is 25.4 Å². The zero-order valence-electron chi connectivity index (χ0n) is 9.16. The minimum atomic E-state index is 0.799. The molecule has 1 aromatic carbocycles. The van der Waals surface area contributed by atoms with Crippen molar-refractivity contribution in [2.45, 2.75) is 20.8 Å². The van der Waals surface area contributed by atoms with E-state index in [9.17, 15) is 0 Å². The van der Waals surface area contributed by atoms with Crippen molar-refractivity contribution >= 4 is 12.2 Å². The Hall–Kier alpha value is -1.35. The van der Waals surface area contributed by atoms with Gasteiger partial charge in [0.1, 0.15) is 4.64 Å². The Bertz CT molecular complexity index is 549. The molecule has 1 heterocycles. The van der Waals surface area contributed by atoms with Crippen LogP contribution in [0.2, 0.25) is 0 Å². The summed E-state index contributed by atoms with van der Waals surface area (Å²) in [6, 6.07) is 6.37. The molecule has 0 bridgehead atoms. The molecule has 0 aliphatic carbocycles. The smallest absolute Gasteiger partial charge is 0.122 e. The number of benzene rings is 1. The standard InChI is InChI=1S/C12H14N2S/c1-8-4-5-11(6-9(8)2)14-7-10(3)12(15)13-14/h4-7H,1-3H3,(H,13,15). The Morgan fingerprint density at radius 2 is 1.80 bits per heavy atom. The predicted octanol–water partition coefficient (Wildman–Crippen LogP) is 3.46. The van der Waals surface area contributed by atoms with Crippen molar-refractivity contribution in [1.29, 1.82) is 0 Å². The van der Waals surface area contributed by atoms with Crippen LogP contribution in [-0.2, 0) is 0 Å². The lowest BCUT2D eigenvalue weighted by Crippen LogP contribution is -1.95. The summed E-state index contributed by atoms with van der Waals surface area (Å²) >= 11 is 5.16. The number of nitrogens with one attached hydrogen (secondary N) is 1. The summed E-state index contributed by atoms with van der Waals surface area (Å²) in [5.74, 6) is 0. The van der Waals surface area contributed by atoms with Gasteiger partial charge in [0.05, 0.1) is 5.69 Å². The Labute approximate surface area is 94.5 Å². The fraction of sp³-hybridized carbons (Fsp3) is 0.250. The molecule has 2 nitrogen and oxygen atoms in total. The van der Waals surface area contributed by atoms with E-state index >= 15 is 0 Å². The van der Waals surface area contributed by atoms with Crippen LogP contribution in [0.1, 0.15) is 16.7 Å². The molecule has 0 radical (unpaired) electrons. The van der Waals surface area contributed by atoms with E-state index in [-0.39, 0.29) is 0 Å². The second-order valence-corrected chi connectivity index (χ2v) is 4.30. The number of H-pyrrole nitrogens is 1. The monoisotopic (exact) mass is 218 g/mol. The van der Waals surface area contributed by atoms with E-state index in [1.165, 1.54) is 11.1 Å². The fourth-order valence-electron chi connectivity index (χ4n) is 1.50. The highest BCUT2D eigenvalue weighted by molar-refractivity contribution is 7.71. The van der Waals surface area contributed by atoms with Gasteiger partial charge in [-0.05, 0) is 44.0 Å². The molecule has 0 saturated carbocycles. The van der Waals surface area contributed by atoms with Gasteiger partial charge in [0.2, 0.25) is 0 Å². The molecule has 2 aromatic rings. The van der Waals surface area contributed by atoms with E-state index in [0.717, 1.165) is 15.9 Å². The number of aromatic amines is 1. The SMILES string of the molecule is Cc1ccc(-n2cc(C)c(=S)[nH]2)cc1C. The summed E-state index contributed by atoms with van der Waals surface area (Å²) in [5.41, 5.74) is 4.82. The molecular formula is C12H14N2S. The van der Waals surface area contributed by atoms with Crippen molar-refractivity contribution in [2.75, 3.05) is 0 Å². The minimum Gasteiger partial charge on any atom is -0.284 e. The van der Waals surface area contributed by atoms with Gasteiger partial charge in [0, 0.05) is 11.8 Å². The van der Waals surface area contributed by atoms with Crippen LogP contribution in [0.3, 0.4) is 0 Å². The van der Waals surface area contributed by atoms with E-state index in [1.807, 2.05) is 17.8 Å². The predicted molar refractivity (Wildman–Crippen MR) is 65.2 cm³/mol. The topological polar surface area (TPSA) is 20.7 Å². The van der Waals surface area contributed by atoms with Crippen LogP contribution in [0.25, 0.3) is 5.69 Å². The summed E-state index contributed by atoms with van der Waals surface area (Å²) < 4.78 is 2.76. The molecule has 0 fully saturated rings.